The molecule has 1 unspecified atom stereocenters. The van der Waals surface area contributed by atoms with Crippen LogP contribution in [0.3, 0.4) is 0 Å². The average Bonchev–Trinajstić information content (AvgIpc) is 2.91. The molecule has 0 saturated carbocycles. The number of thioether (sulfide) groups is 1. The van der Waals surface area contributed by atoms with Gasteiger partial charge < -0.3 is 9.30 Å². The summed E-state index contributed by atoms with van der Waals surface area (Å²) in [6, 6.07) is 0.508. The number of esters is 1. The fourth-order valence-corrected chi connectivity index (χ4v) is 4.19. The second-order valence-electron chi connectivity index (χ2n) is 5.44. The van der Waals surface area contributed by atoms with Crippen molar-refractivity contribution in [1.29, 1.82) is 0 Å². The second-order valence-corrected chi connectivity index (χ2v) is 6.45. The van der Waals surface area contributed by atoms with E-state index in [0.717, 1.165) is 6.07 Å². The van der Waals surface area contributed by atoms with Crippen LogP contribution < -0.4 is 5.43 Å². The van der Waals surface area contributed by atoms with Crippen molar-refractivity contribution in [1.82, 2.24) is 4.57 Å². The van der Waals surface area contributed by atoms with Gasteiger partial charge in [0.25, 0.3) is 0 Å². The summed E-state index contributed by atoms with van der Waals surface area (Å²) in [5.41, 5.74) is -1.49. The summed E-state index contributed by atoms with van der Waals surface area (Å²) in [7, 11) is 0. The lowest BCUT2D eigenvalue weighted by atomic mass is 10.0. The first-order valence-corrected chi connectivity index (χ1v) is 8.35. The normalized spacial score (nSPS) is 16.5. The number of alkyl halides is 1. The number of carbonyl (C=O) groups is 1. The van der Waals surface area contributed by atoms with Gasteiger partial charge in [0.1, 0.15) is 12.2 Å². The molecule has 0 spiro atoms. The predicted octanol–water partition coefficient (Wildman–Crippen LogP) is 3.59. The maximum Gasteiger partial charge on any atom is 0.344 e. The van der Waals surface area contributed by atoms with Crippen LogP contribution in [0.4, 0.5) is 13.2 Å². The van der Waals surface area contributed by atoms with Crippen LogP contribution in [0.15, 0.2) is 15.9 Å². The Morgan fingerprint density at radius 3 is 2.79 bits per heavy atom. The van der Waals surface area contributed by atoms with E-state index in [2.05, 4.69) is 0 Å². The van der Waals surface area contributed by atoms with Crippen LogP contribution in [0.25, 0.3) is 10.9 Å². The highest BCUT2D eigenvalue weighted by molar-refractivity contribution is 7.99. The van der Waals surface area contributed by atoms with E-state index in [1.807, 2.05) is 0 Å². The van der Waals surface area contributed by atoms with Gasteiger partial charge in [-0.25, -0.2) is 18.0 Å². The van der Waals surface area contributed by atoms with E-state index < -0.39 is 35.3 Å². The molecule has 0 radical (unpaired) electrons. The molecule has 1 aliphatic rings. The molecule has 0 saturated heterocycles. The molecule has 2 aromatic rings. The van der Waals surface area contributed by atoms with E-state index in [1.54, 1.807) is 13.8 Å². The third kappa shape index (κ3) is 2.31. The highest BCUT2D eigenvalue weighted by Crippen LogP contribution is 2.39. The predicted molar refractivity (Wildman–Crippen MR) is 84.3 cm³/mol. The summed E-state index contributed by atoms with van der Waals surface area (Å²) in [6.45, 7) is 2.22. The minimum atomic E-state index is -1.32. The Balaban J connectivity index is 2.51. The number of hydrogen-bond donors (Lipinski definition) is 0. The van der Waals surface area contributed by atoms with Crippen LogP contribution in [0.5, 0.6) is 0 Å². The first-order chi connectivity index (χ1) is 11.4. The van der Waals surface area contributed by atoms with Crippen molar-refractivity contribution in [2.75, 3.05) is 12.4 Å². The van der Waals surface area contributed by atoms with Crippen LogP contribution in [-0.2, 0) is 11.4 Å². The first kappa shape index (κ1) is 16.9. The third-order valence-electron chi connectivity index (χ3n) is 3.95. The van der Waals surface area contributed by atoms with E-state index >= 15 is 0 Å². The zero-order valence-electron chi connectivity index (χ0n) is 13.0. The molecular weight excluding hydrogens is 343 g/mol. The Morgan fingerprint density at radius 1 is 1.46 bits per heavy atom. The maximum absolute atomic E-state index is 14.0. The van der Waals surface area contributed by atoms with Gasteiger partial charge in [-0.15, -0.1) is 11.8 Å². The van der Waals surface area contributed by atoms with Crippen LogP contribution in [0.1, 0.15) is 35.8 Å². The molecule has 2 heterocycles. The van der Waals surface area contributed by atoms with Gasteiger partial charge >= 0.3 is 5.97 Å². The van der Waals surface area contributed by atoms with E-state index in [1.165, 1.54) is 16.3 Å². The van der Waals surface area contributed by atoms with Gasteiger partial charge in [0.15, 0.2) is 11.6 Å². The van der Waals surface area contributed by atoms with Gasteiger partial charge in [0.05, 0.1) is 22.5 Å². The molecule has 0 aliphatic carbocycles. The zero-order chi connectivity index (χ0) is 17.6. The number of rotatable bonds is 3. The highest BCUT2D eigenvalue weighted by atomic mass is 32.2. The quantitative estimate of drug-likeness (QED) is 0.788. The van der Waals surface area contributed by atoms with Crippen molar-refractivity contribution in [3.8, 4) is 0 Å². The molecule has 128 valence electrons. The lowest BCUT2D eigenvalue weighted by Crippen LogP contribution is -2.24. The van der Waals surface area contributed by atoms with Gasteiger partial charge in [-0.05, 0) is 19.9 Å². The van der Waals surface area contributed by atoms with Crippen LogP contribution >= 0.6 is 11.8 Å². The smallest absolute Gasteiger partial charge is 0.344 e. The van der Waals surface area contributed by atoms with Crippen molar-refractivity contribution in [3.05, 3.63) is 39.1 Å². The SMILES string of the molecule is CCOC(=O)c1c2n(c3c(CF)c(F)c(F)cc3c1=O)C(C)CS2. The van der Waals surface area contributed by atoms with Gasteiger partial charge in [0, 0.05) is 17.4 Å². The zero-order valence-corrected chi connectivity index (χ0v) is 13.8. The molecule has 3 rings (SSSR count). The van der Waals surface area contributed by atoms with Crippen LogP contribution in [-0.4, -0.2) is 22.9 Å². The number of halogens is 3. The molecular formula is C16H14F3NO3S. The molecule has 1 aromatic carbocycles. The molecule has 0 amide bonds. The van der Waals surface area contributed by atoms with E-state index in [4.69, 9.17) is 4.74 Å². The topological polar surface area (TPSA) is 48.3 Å². The number of pyridine rings is 1. The molecule has 1 atom stereocenters. The number of hydrogen-bond acceptors (Lipinski definition) is 4. The number of ether oxygens (including phenoxy) is 1. The maximum atomic E-state index is 14.0. The monoisotopic (exact) mass is 357 g/mol. The van der Waals surface area contributed by atoms with E-state index in [-0.39, 0.29) is 29.1 Å². The van der Waals surface area contributed by atoms with Crippen molar-refractivity contribution in [2.45, 2.75) is 31.6 Å². The first-order valence-electron chi connectivity index (χ1n) is 7.37. The van der Waals surface area contributed by atoms with Gasteiger partial charge in [-0.2, -0.15) is 0 Å². The Morgan fingerprint density at radius 2 is 2.17 bits per heavy atom. The summed E-state index contributed by atoms with van der Waals surface area (Å²) in [5, 5.41) is 0.0851. The molecule has 0 N–H and O–H groups in total. The summed E-state index contributed by atoms with van der Waals surface area (Å²) in [6.07, 6.45) is 0. The van der Waals surface area contributed by atoms with Gasteiger partial charge in [0.2, 0.25) is 5.43 Å². The molecule has 0 fully saturated rings. The summed E-state index contributed by atoms with van der Waals surface area (Å²) >= 11 is 1.24. The molecule has 0 bridgehead atoms. The van der Waals surface area contributed by atoms with Crippen molar-refractivity contribution in [3.63, 3.8) is 0 Å². The minimum absolute atomic E-state index is 0.00180. The lowest BCUT2D eigenvalue weighted by molar-refractivity contribution is 0.0519. The number of fused-ring (bicyclic) bond motifs is 3. The molecule has 24 heavy (non-hydrogen) atoms. The summed E-state index contributed by atoms with van der Waals surface area (Å²) in [4.78, 5) is 24.9. The summed E-state index contributed by atoms with van der Waals surface area (Å²) in [5.74, 6) is -2.93. The third-order valence-corrected chi connectivity index (χ3v) is 5.27. The van der Waals surface area contributed by atoms with Crippen LogP contribution in [0.2, 0.25) is 0 Å². The van der Waals surface area contributed by atoms with Crippen molar-refractivity contribution < 1.29 is 22.7 Å². The number of aromatic nitrogens is 1. The lowest BCUT2D eigenvalue weighted by Gasteiger charge is -2.18. The molecule has 1 aliphatic heterocycles. The Labute approximate surface area is 139 Å². The Kier molecular flexibility index (Phi) is 4.33. The Bertz CT molecular complexity index is 910. The summed E-state index contributed by atoms with van der Waals surface area (Å²) < 4.78 is 47.6. The van der Waals surface area contributed by atoms with Gasteiger partial charge in [-0.3, -0.25) is 4.79 Å². The minimum Gasteiger partial charge on any atom is -0.462 e. The fourth-order valence-electron chi connectivity index (χ4n) is 2.91. The standard InChI is InChI=1S/C16H14F3NO3S/c1-3-23-16(22)11-14(21)8-4-10(18)12(19)9(5-17)13(8)20-7(2)6-24-15(11)20/h4,7H,3,5-6H2,1-2H3. The molecule has 8 heteroatoms. The molecule has 4 nitrogen and oxygen atoms in total. The fraction of sp³-hybridized carbons (Fsp3) is 0.375. The number of benzene rings is 1. The van der Waals surface area contributed by atoms with Gasteiger partial charge in [-0.1, -0.05) is 0 Å². The number of nitrogens with zero attached hydrogens (tertiary/aromatic N) is 1. The second kappa shape index (κ2) is 6.16. The largest absolute Gasteiger partial charge is 0.462 e. The van der Waals surface area contributed by atoms with Crippen molar-refractivity contribution >= 4 is 28.6 Å². The molecule has 1 aromatic heterocycles. The van der Waals surface area contributed by atoms with Crippen molar-refractivity contribution in [2.24, 2.45) is 0 Å². The highest BCUT2D eigenvalue weighted by Gasteiger charge is 2.32. The number of carbonyl (C=O) groups excluding carboxylic acids is 1. The van der Waals surface area contributed by atoms with E-state index in [0.29, 0.717) is 10.8 Å². The average molecular weight is 357 g/mol. The van der Waals surface area contributed by atoms with E-state index in [9.17, 15) is 22.8 Å². The Hall–Kier alpha value is -1.96. The van der Waals surface area contributed by atoms with Crippen LogP contribution in [0, 0.1) is 11.6 Å².